The van der Waals surface area contributed by atoms with E-state index >= 15 is 0 Å². The molecule has 2 aliphatic rings. The van der Waals surface area contributed by atoms with Crippen LogP contribution < -0.4 is 10.7 Å². The Hall–Kier alpha value is -3.92. The molecule has 4 atom stereocenters. The molecule has 2 aliphatic carbocycles. The fourth-order valence-corrected chi connectivity index (χ4v) is 27.6. The van der Waals surface area contributed by atoms with Crippen LogP contribution in [0.3, 0.4) is 0 Å². The van der Waals surface area contributed by atoms with E-state index in [4.69, 9.17) is 4.74 Å². The second-order valence-corrected chi connectivity index (χ2v) is 25.0. The molecule has 0 aromatic heterocycles. The molecule has 0 radical (unpaired) electrons. The average Bonchev–Trinajstić information content (AvgIpc) is 3.78. The standard InChI is InChI=1S/C27H27O.3C6H5.Sn/c1-4-10-24(11-5-1)27(25-12-6-2-7-13-25,26-14-8-3-9-15-26)28-20-23-19-21-16-17-22(23)18-21;3*1-2-4-6-5-3-1;/h1-15,19,21-23H,16-18,20H2;3*1-5H;/t21-,22+,23+;;;;/m0..../s1. The molecule has 0 saturated heterocycles. The topological polar surface area (TPSA) is 9.23 Å². The van der Waals surface area contributed by atoms with Crippen LogP contribution in [0.25, 0.3) is 0 Å². The first-order valence-corrected chi connectivity index (χ1v) is 23.2. The molecule has 1 nitrogen and oxygen atoms in total. The number of benzene rings is 6. The Labute approximate surface area is 284 Å². The van der Waals surface area contributed by atoms with E-state index in [2.05, 4.69) is 182 Å². The number of rotatable bonds is 10. The molecule has 0 spiro atoms. The monoisotopic (exact) mass is 718 g/mol. The molecule has 8 rings (SSSR count). The summed E-state index contributed by atoms with van der Waals surface area (Å²) in [6, 6.07) is 67.7. The van der Waals surface area contributed by atoms with E-state index < -0.39 is 24.0 Å². The maximum atomic E-state index is 7.69. The first-order chi connectivity index (χ1) is 23.3. The van der Waals surface area contributed by atoms with E-state index in [1.54, 1.807) is 10.7 Å². The Bertz CT molecular complexity index is 1670. The Morgan fingerprint density at radius 1 is 0.447 bits per heavy atom. The van der Waals surface area contributed by atoms with E-state index in [1.165, 1.54) is 36.0 Å². The van der Waals surface area contributed by atoms with Crippen LogP contribution in [-0.4, -0.2) is 25.0 Å². The minimum atomic E-state index is -3.66. The third kappa shape index (κ3) is 5.29. The van der Waals surface area contributed by atoms with Gasteiger partial charge in [-0.2, -0.15) is 0 Å². The van der Waals surface area contributed by atoms with Gasteiger partial charge in [-0.1, -0.05) is 0 Å². The number of fused-ring (bicyclic) bond motifs is 2. The number of hydrogen-bond acceptors (Lipinski definition) is 1. The van der Waals surface area contributed by atoms with Crippen LogP contribution in [0.5, 0.6) is 0 Å². The fraction of sp³-hybridized carbons (Fsp3) is 0.200. The van der Waals surface area contributed by atoms with Gasteiger partial charge in [-0.3, -0.25) is 0 Å². The SMILES string of the molecule is c1ccc(C(OC[C@@H]2[C@@H]3CC[C@@H](C3)[C@H]2[Sn]([c]2ccccc2)([c]2ccccc2)[c]2ccccc2)(c2ccccc2)c2ccccc2)cc1. The van der Waals surface area contributed by atoms with E-state index in [9.17, 15) is 0 Å². The molecule has 6 aromatic rings. The first kappa shape index (κ1) is 30.4. The van der Waals surface area contributed by atoms with Crippen LogP contribution in [0.2, 0.25) is 3.93 Å². The van der Waals surface area contributed by atoms with Gasteiger partial charge in [0.1, 0.15) is 0 Å². The molecule has 2 heteroatoms. The van der Waals surface area contributed by atoms with Crippen molar-refractivity contribution in [2.24, 2.45) is 17.8 Å². The fourth-order valence-electron chi connectivity index (χ4n) is 9.50. The molecule has 47 heavy (non-hydrogen) atoms. The van der Waals surface area contributed by atoms with Crippen LogP contribution in [0, 0.1) is 17.8 Å². The molecule has 232 valence electrons. The van der Waals surface area contributed by atoms with Gasteiger partial charge in [-0.15, -0.1) is 0 Å². The van der Waals surface area contributed by atoms with Crippen molar-refractivity contribution >= 4 is 29.1 Å². The van der Waals surface area contributed by atoms with E-state index in [0.717, 1.165) is 6.61 Å². The molecule has 6 aromatic carbocycles. The van der Waals surface area contributed by atoms with Gasteiger partial charge in [0.05, 0.1) is 0 Å². The normalized spacial score (nSPS) is 20.7. The third-order valence-corrected chi connectivity index (χ3v) is 27.4. The summed E-state index contributed by atoms with van der Waals surface area (Å²) in [5.41, 5.74) is 2.84. The molecule has 0 N–H and O–H groups in total. The van der Waals surface area contributed by atoms with Crippen LogP contribution in [0.15, 0.2) is 182 Å². The van der Waals surface area contributed by atoms with Crippen molar-refractivity contribution in [3.63, 3.8) is 0 Å². The summed E-state index contributed by atoms with van der Waals surface area (Å²) in [4.78, 5) is 0. The average molecular weight is 718 g/mol. The van der Waals surface area contributed by atoms with Gasteiger partial charge in [0.15, 0.2) is 0 Å². The third-order valence-electron chi connectivity index (χ3n) is 11.3. The number of hydrogen-bond donors (Lipinski definition) is 0. The summed E-state index contributed by atoms with van der Waals surface area (Å²) in [6.45, 7) is 0.732. The maximum absolute atomic E-state index is 7.69. The van der Waals surface area contributed by atoms with Gasteiger partial charge >= 0.3 is 286 Å². The summed E-state index contributed by atoms with van der Waals surface area (Å²) in [5, 5.41) is 0. The van der Waals surface area contributed by atoms with E-state index in [0.29, 0.717) is 21.7 Å². The van der Waals surface area contributed by atoms with Crippen LogP contribution in [0.1, 0.15) is 36.0 Å². The Balaban J connectivity index is 1.31. The van der Waals surface area contributed by atoms with Crippen molar-refractivity contribution in [3.05, 3.63) is 199 Å². The molecule has 2 fully saturated rings. The summed E-state index contributed by atoms with van der Waals surface area (Å²) < 4.78 is 13.0. The first-order valence-electron chi connectivity index (χ1n) is 17.3. The van der Waals surface area contributed by atoms with Gasteiger partial charge in [0.2, 0.25) is 0 Å². The Kier molecular flexibility index (Phi) is 8.60. The van der Waals surface area contributed by atoms with Gasteiger partial charge < -0.3 is 0 Å². The van der Waals surface area contributed by atoms with Gasteiger partial charge in [0, 0.05) is 0 Å². The summed E-state index contributed by atoms with van der Waals surface area (Å²) in [7, 11) is 0. The molecule has 0 heterocycles. The van der Waals surface area contributed by atoms with Crippen molar-refractivity contribution in [3.8, 4) is 0 Å². The summed E-state index contributed by atoms with van der Waals surface area (Å²) in [6.07, 6.45) is 3.96. The van der Waals surface area contributed by atoms with Crippen molar-refractivity contribution in [1.82, 2.24) is 0 Å². The van der Waals surface area contributed by atoms with Gasteiger partial charge in [-0.25, -0.2) is 0 Å². The molecular formula is C45H42OSn. The number of ether oxygens (including phenoxy) is 1. The predicted molar refractivity (Wildman–Crippen MR) is 197 cm³/mol. The molecule has 2 saturated carbocycles. The zero-order valence-electron chi connectivity index (χ0n) is 26.9. The molecular weight excluding hydrogens is 675 g/mol. The van der Waals surface area contributed by atoms with Gasteiger partial charge in [-0.05, 0) is 0 Å². The van der Waals surface area contributed by atoms with Crippen LogP contribution in [0.4, 0.5) is 0 Å². The molecule has 0 amide bonds. The molecule has 0 unspecified atom stereocenters. The second-order valence-electron chi connectivity index (χ2n) is 13.5. The van der Waals surface area contributed by atoms with Crippen LogP contribution >= 0.6 is 0 Å². The quantitative estimate of drug-likeness (QED) is 0.102. The van der Waals surface area contributed by atoms with Gasteiger partial charge in [0.25, 0.3) is 0 Å². The molecule has 0 aliphatic heterocycles. The summed E-state index contributed by atoms with van der Waals surface area (Å²) in [5.74, 6) is 1.86. The van der Waals surface area contributed by atoms with Crippen molar-refractivity contribution in [1.29, 1.82) is 0 Å². The van der Waals surface area contributed by atoms with Crippen LogP contribution in [-0.2, 0) is 10.3 Å². The van der Waals surface area contributed by atoms with Crippen molar-refractivity contribution in [2.45, 2.75) is 28.8 Å². The van der Waals surface area contributed by atoms with Crippen molar-refractivity contribution in [2.75, 3.05) is 6.61 Å². The second kappa shape index (κ2) is 13.3. The van der Waals surface area contributed by atoms with E-state index in [-0.39, 0.29) is 0 Å². The van der Waals surface area contributed by atoms with E-state index in [1.807, 2.05) is 0 Å². The predicted octanol–water partition coefficient (Wildman–Crippen LogP) is 8.58. The minimum absolute atomic E-state index is 0.473. The molecule has 2 bridgehead atoms. The Morgan fingerprint density at radius 3 is 1.17 bits per heavy atom. The zero-order chi connectivity index (χ0) is 31.5. The summed E-state index contributed by atoms with van der Waals surface area (Å²) >= 11 is -3.66. The Morgan fingerprint density at radius 2 is 0.787 bits per heavy atom. The zero-order valence-corrected chi connectivity index (χ0v) is 29.7. The van der Waals surface area contributed by atoms with Crippen molar-refractivity contribution < 1.29 is 4.74 Å².